The molecule has 0 radical (unpaired) electrons. The Balaban J connectivity index is 0.000000170. The third-order valence-corrected chi connectivity index (χ3v) is 28.4. The van der Waals surface area contributed by atoms with Crippen LogP contribution in [0.5, 0.6) is 46.0 Å². The minimum atomic E-state index is -0.227. The fraction of sp³-hybridized carbons (Fsp3) is 0.333. The zero-order valence-electron chi connectivity index (χ0n) is 77.8. The number of fused-ring (bicyclic) bond motifs is 8. The summed E-state index contributed by atoms with van der Waals surface area (Å²) in [6.45, 7) is 41.8. The average molecular weight is 1770 g/mol. The van der Waals surface area contributed by atoms with Crippen LogP contribution in [0.15, 0.2) is 268 Å². The summed E-state index contributed by atoms with van der Waals surface area (Å²) in [5.74, 6) is 7.66. The van der Waals surface area contributed by atoms with Gasteiger partial charge in [-0.2, -0.15) is 0 Å². The van der Waals surface area contributed by atoms with E-state index in [0.717, 1.165) is 160 Å². The van der Waals surface area contributed by atoms with Crippen molar-refractivity contribution in [3.8, 4) is 46.0 Å². The third-order valence-electron chi connectivity index (χ3n) is 28.4. The number of β-amino-alcohol motifs (C(OH)–C–C–N with tert-alkyl or cyclic N) is 2. The Kier molecular flexibility index (Phi) is 25.8. The number of hydrogen-bond donors (Lipinski definition) is 2. The molecular weight excluding hydrogens is 1640 g/mol. The molecule has 0 spiro atoms. The molecule has 18 heteroatoms. The Morgan fingerprint density at radius 2 is 0.455 bits per heavy atom. The van der Waals surface area contributed by atoms with E-state index in [4.69, 9.17) is 37.9 Å². The Morgan fingerprint density at radius 1 is 0.250 bits per heavy atom. The maximum Gasteiger partial charge on any atom is 0.161 e. The number of benzene rings is 12. The van der Waals surface area contributed by atoms with Gasteiger partial charge in [0.1, 0.15) is 86.4 Å². The van der Waals surface area contributed by atoms with Gasteiger partial charge >= 0.3 is 0 Å². The van der Waals surface area contributed by atoms with Crippen LogP contribution in [0.3, 0.4) is 0 Å². The van der Waals surface area contributed by atoms with E-state index in [9.17, 15) is 10.2 Å². The van der Waals surface area contributed by atoms with Crippen LogP contribution in [0.4, 0.5) is 11.4 Å². The van der Waals surface area contributed by atoms with E-state index >= 15 is 0 Å². The zero-order chi connectivity index (χ0) is 90.8. The topological polar surface area (TPSA) is 140 Å². The van der Waals surface area contributed by atoms with Gasteiger partial charge in [0.25, 0.3) is 0 Å². The van der Waals surface area contributed by atoms with E-state index in [2.05, 4.69) is 350 Å². The van der Waals surface area contributed by atoms with Crippen molar-refractivity contribution in [2.45, 2.75) is 155 Å². The Bertz CT molecular complexity index is 6170. The van der Waals surface area contributed by atoms with Gasteiger partial charge in [-0.1, -0.05) is 189 Å². The van der Waals surface area contributed by atoms with E-state index in [0.29, 0.717) is 66.9 Å². The molecule has 0 aliphatic carbocycles. The highest BCUT2D eigenvalue weighted by atomic mass is 16.5. The van der Waals surface area contributed by atoms with Gasteiger partial charge in [0.15, 0.2) is 13.5 Å². The van der Waals surface area contributed by atoms with Gasteiger partial charge in [0.2, 0.25) is 0 Å². The first-order valence-electron chi connectivity index (χ1n) is 46.8. The quantitative estimate of drug-likeness (QED) is 0.0496. The molecule has 0 fully saturated rings. The van der Waals surface area contributed by atoms with Crippen LogP contribution >= 0.6 is 0 Å². The molecule has 0 bridgehead atoms. The first kappa shape index (κ1) is 89.0. The molecule has 0 amide bonds. The van der Waals surface area contributed by atoms with E-state index in [-0.39, 0.29) is 34.9 Å². The molecule has 18 nitrogen and oxygen atoms in total. The van der Waals surface area contributed by atoms with Crippen LogP contribution < -0.4 is 47.7 Å². The summed E-state index contributed by atoms with van der Waals surface area (Å²) >= 11 is 0. The first-order chi connectivity index (χ1) is 64.0. The van der Waals surface area contributed by atoms with E-state index in [1.807, 2.05) is 12.2 Å². The fourth-order valence-electron chi connectivity index (χ4n) is 19.9. The van der Waals surface area contributed by atoms with Crippen LogP contribution in [-0.2, 0) is 99.9 Å². The predicted molar refractivity (Wildman–Crippen MR) is 522 cm³/mol. The molecule has 8 aliphatic rings. The molecule has 8 aliphatic heterocycles. The first-order valence-corrected chi connectivity index (χ1v) is 46.8. The SMILES string of the molecule is C=CCN1COc2ccc(C(C)(C)c3ccc4c(c3)CN(Cc3ccc(Cc5ccc(N6COc7ccc(C(C)(C)c8ccc9c(c8)CN(CC=C)CO9)cc7C6)cc5)cc3)CO4)cc2C1.CC(C)(c1ccc2c(c1)CN(CCO)CO2)c1ccc2c(c1)CN(Cc1ccc(Cc3ccc(N4COc5ccc(C(C)(C)c6ccc7c(c6)CN(CCO)CO7)cc5C4)cc3)cc1)CO2. The van der Waals surface area contributed by atoms with Gasteiger partial charge < -0.3 is 57.9 Å². The lowest BCUT2D eigenvalue weighted by atomic mass is 9.77. The Morgan fingerprint density at radius 3 is 0.705 bits per heavy atom. The third kappa shape index (κ3) is 19.4. The molecule has 8 heterocycles. The van der Waals surface area contributed by atoms with E-state index < -0.39 is 0 Å². The molecule has 0 atom stereocenters. The van der Waals surface area contributed by atoms with Crippen molar-refractivity contribution in [3.05, 3.63) is 390 Å². The summed E-state index contributed by atoms with van der Waals surface area (Å²) in [5, 5.41) is 18.9. The van der Waals surface area contributed by atoms with Gasteiger partial charge in [-0.3, -0.25) is 29.4 Å². The molecule has 132 heavy (non-hydrogen) atoms. The summed E-state index contributed by atoms with van der Waals surface area (Å²) in [6, 6.07) is 89.1. The molecule has 0 saturated carbocycles. The van der Waals surface area contributed by atoms with Crippen molar-refractivity contribution in [1.82, 2.24) is 29.4 Å². The largest absolute Gasteiger partial charge is 0.478 e. The number of hydrogen-bond acceptors (Lipinski definition) is 18. The number of rotatable bonds is 26. The smallest absolute Gasteiger partial charge is 0.161 e. The number of ether oxygens (including phenoxy) is 8. The number of aliphatic hydroxyl groups excluding tert-OH is 2. The van der Waals surface area contributed by atoms with Crippen molar-refractivity contribution in [2.75, 3.05) is 103 Å². The molecular formula is C114H124N8O10. The molecule has 12 aromatic carbocycles. The second-order valence-electron chi connectivity index (χ2n) is 39.1. The minimum Gasteiger partial charge on any atom is -0.478 e. The maximum absolute atomic E-state index is 9.46. The molecule has 680 valence electrons. The molecule has 0 saturated heterocycles. The second-order valence-corrected chi connectivity index (χ2v) is 39.1. The standard InChI is InChI=1S/C58H62N4O4.C56H62N4O6/c1-7-25-59-33-44-28-48(15-21-53(44)63-37-59)57(3,4)50-17-23-55-46(30-50)35-61(39-65-55)32-43-11-9-41(10-12-43)27-42-13-19-52(20-14-42)62-36-47-31-51(18-24-56(47)66-40-62)58(5,6)49-16-22-54-45(29-49)34-60(26-8-2)38-64-54;1-55(2,46-11-17-51-42(26-46)31-57(21-23-61)35-63-51)48-13-19-53-44(28-48)33-59(37-65-53)30-41-7-5-39(6-8-41)25-40-9-15-50(16-10-40)60-34-45-29-49(14-20-54(45)66-38-60)56(3,4)47-12-18-52-43(27-47)32-58(22-24-62)36-64-52/h7-24,28-31H,1-2,25-27,32-40H2,3-6H3;5-20,26-29,61-62H,21-25,30-38H2,1-4H3. The molecule has 20 rings (SSSR count). The summed E-state index contributed by atoms with van der Waals surface area (Å²) in [5.41, 5.74) is 28.9. The van der Waals surface area contributed by atoms with Crippen molar-refractivity contribution in [2.24, 2.45) is 0 Å². The highest BCUT2D eigenvalue weighted by Gasteiger charge is 2.35. The monoisotopic (exact) mass is 1760 g/mol. The fourth-order valence-corrected chi connectivity index (χ4v) is 19.9. The molecule has 12 aromatic rings. The summed E-state index contributed by atoms with van der Waals surface area (Å²) in [7, 11) is 0. The zero-order valence-corrected chi connectivity index (χ0v) is 77.8. The average Bonchev–Trinajstić information content (AvgIpc) is 0.705. The molecule has 2 N–H and O–H groups in total. The predicted octanol–water partition coefficient (Wildman–Crippen LogP) is 20.2. The van der Waals surface area contributed by atoms with Gasteiger partial charge in [-0.15, -0.1) is 13.2 Å². The second kappa shape index (κ2) is 38.2. The molecule has 0 unspecified atom stereocenters. The van der Waals surface area contributed by atoms with E-state index in [1.54, 1.807) is 0 Å². The van der Waals surface area contributed by atoms with Crippen LogP contribution in [-0.4, -0.2) is 133 Å². The summed E-state index contributed by atoms with van der Waals surface area (Å²) < 4.78 is 49.2. The lowest BCUT2D eigenvalue weighted by molar-refractivity contribution is 0.0770. The van der Waals surface area contributed by atoms with Crippen LogP contribution in [0.25, 0.3) is 0 Å². The minimum absolute atomic E-state index is 0.121. The van der Waals surface area contributed by atoms with E-state index in [1.165, 1.54) is 111 Å². The Labute approximate surface area is 779 Å². The highest BCUT2D eigenvalue weighted by molar-refractivity contribution is 5.58. The highest BCUT2D eigenvalue weighted by Crippen LogP contribution is 2.46. The lowest BCUT2D eigenvalue weighted by Gasteiger charge is -2.34. The van der Waals surface area contributed by atoms with Gasteiger partial charge in [0, 0.05) is 169 Å². The van der Waals surface area contributed by atoms with Crippen LogP contribution in [0, 0.1) is 0 Å². The van der Waals surface area contributed by atoms with Crippen LogP contribution in [0.1, 0.15) is 178 Å². The van der Waals surface area contributed by atoms with Crippen molar-refractivity contribution in [3.63, 3.8) is 0 Å². The van der Waals surface area contributed by atoms with Crippen molar-refractivity contribution >= 4 is 11.4 Å². The van der Waals surface area contributed by atoms with Gasteiger partial charge in [0.05, 0.1) is 13.2 Å². The Hall–Kier alpha value is -12.2. The molecule has 0 aromatic heterocycles. The summed E-state index contributed by atoms with van der Waals surface area (Å²) in [6.07, 6.45) is 5.61. The van der Waals surface area contributed by atoms with Gasteiger partial charge in [-0.05, 0) is 212 Å². The summed E-state index contributed by atoms with van der Waals surface area (Å²) in [4.78, 5) is 18.1. The van der Waals surface area contributed by atoms with Gasteiger partial charge in [-0.25, -0.2) is 0 Å². The number of nitrogens with zero attached hydrogens (tertiary/aromatic N) is 8. The normalized spacial score (nSPS) is 16.4. The number of anilines is 2. The maximum atomic E-state index is 9.46. The van der Waals surface area contributed by atoms with Crippen LogP contribution in [0.2, 0.25) is 0 Å². The van der Waals surface area contributed by atoms with Crippen molar-refractivity contribution < 1.29 is 48.1 Å². The number of aliphatic hydroxyl groups is 2. The lowest BCUT2D eigenvalue weighted by Crippen LogP contribution is -2.34. The van der Waals surface area contributed by atoms with Crippen molar-refractivity contribution in [1.29, 1.82) is 0 Å².